The molecule has 0 radical (unpaired) electrons. The summed E-state index contributed by atoms with van der Waals surface area (Å²) in [6.45, 7) is 3.29. The summed E-state index contributed by atoms with van der Waals surface area (Å²) in [4.78, 5) is 33.1. The molecular weight excluding hydrogens is 570 g/mol. The Morgan fingerprint density at radius 1 is 0.707 bits per heavy atom. The molecular formula is C26H25F8N3O4. The van der Waals surface area contributed by atoms with Crippen molar-refractivity contribution in [1.29, 1.82) is 0 Å². The highest BCUT2D eigenvalue weighted by atomic mass is 19.3. The van der Waals surface area contributed by atoms with Crippen molar-refractivity contribution in [3.05, 3.63) is 75.3 Å². The Labute approximate surface area is 228 Å². The fraction of sp³-hybridized carbons (Fsp3) is 0.462. The van der Waals surface area contributed by atoms with Gasteiger partial charge in [0.25, 0.3) is 29.3 Å². The monoisotopic (exact) mass is 595 g/mol. The van der Waals surface area contributed by atoms with Gasteiger partial charge >= 0.3 is 0 Å². The van der Waals surface area contributed by atoms with Gasteiger partial charge in [0.2, 0.25) is 0 Å². The van der Waals surface area contributed by atoms with E-state index in [1.54, 1.807) is 5.32 Å². The molecule has 224 valence electrons. The Morgan fingerprint density at radius 2 is 1.12 bits per heavy atom. The van der Waals surface area contributed by atoms with Gasteiger partial charge in [-0.1, -0.05) is 18.2 Å². The number of hydrogen-bond donors (Lipinski definition) is 2. The lowest BCUT2D eigenvalue weighted by Gasteiger charge is -2.45. The summed E-state index contributed by atoms with van der Waals surface area (Å²) in [6, 6.07) is 6.99. The number of piperidine rings is 2. The number of non-ortho nitro benzene ring substituents is 1. The molecule has 0 saturated carbocycles. The minimum atomic E-state index is -3.85. The molecule has 2 heterocycles. The first-order valence-electron chi connectivity index (χ1n) is 12.0. The highest BCUT2D eigenvalue weighted by Crippen LogP contribution is 2.49. The van der Waals surface area contributed by atoms with Crippen LogP contribution in [0.5, 0.6) is 0 Å². The van der Waals surface area contributed by atoms with Gasteiger partial charge in [0.15, 0.2) is 11.3 Å². The summed E-state index contributed by atoms with van der Waals surface area (Å²) < 4.78 is 112. The standard InChI is InChI=1S/C13H12F4N2O3.C13H13F4NO/c1-11(15)6-13(16,17)12(2,18-10(11)20)8-5-7(19(21)22)3-4-9(8)14;1-11(15)7-13(16,17)12(2,18-10(11)19)8-5-3-4-6-9(8)14/h3-5H,6H2,1-2H3,(H,18,20);3-6H,7H2,1-2H3,(H,18,19)/t2*11?,12-/m11/s1. The van der Waals surface area contributed by atoms with E-state index >= 15 is 0 Å². The zero-order valence-corrected chi connectivity index (χ0v) is 22.1. The Morgan fingerprint density at radius 3 is 1.56 bits per heavy atom. The summed E-state index contributed by atoms with van der Waals surface area (Å²) in [7, 11) is 0. The molecule has 2 aliphatic rings. The molecule has 0 aromatic heterocycles. The van der Waals surface area contributed by atoms with Crippen molar-refractivity contribution in [1.82, 2.24) is 10.6 Å². The third-order valence-electron chi connectivity index (χ3n) is 7.36. The highest BCUT2D eigenvalue weighted by molar-refractivity contribution is 5.87. The minimum absolute atomic E-state index is 0.358. The van der Waals surface area contributed by atoms with Gasteiger partial charge in [-0.2, -0.15) is 0 Å². The molecule has 41 heavy (non-hydrogen) atoms. The second-order valence-corrected chi connectivity index (χ2v) is 10.7. The molecule has 2 aliphatic heterocycles. The van der Waals surface area contributed by atoms with Crippen LogP contribution in [0.2, 0.25) is 0 Å². The third kappa shape index (κ3) is 5.45. The number of carbonyl (C=O) groups excluding carboxylic acids is 2. The van der Waals surface area contributed by atoms with Crippen molar-refractivity contribution in [3.63, 3.8) is 0 Å². The quantitative estimate of drug-likeness (QED) is 0.268. The average molecular weight is 595 g/mol. The van der Waals surface area contributed by atoms with E-state index in [2.05, 4.69) is 0 Å². The van der Waals surface area contributed by atoms with Crippen LogP contribution in [-0.4, -0.2) is 39.9 Å². The van der Waals surface area contributed by atoms with Gasteiger partial charge in [0, 0.05) is 23.3 Å². The van der Waals surface area contributed by atoms with E-state index in [-0.39, 0.29) is 5.56 Å². The van der Waals surface area contributed by atoms with E-state index in [1.807, 2.05) is 5.32 Å². The number of nitrogens with one attached hydrogen (secondary N) is 2. The van der Waals surface area contributed by atoms with Gasteiger partial charge in [-0.05, 0) is 39.8 Å². The van der Waals surface area contributed by atoms with Crippen molar-refractivity contribution < 1.29 is 49.6 Å². The molecule has 2 fully saturated rings. The van der Waals surface area contributed by atoms with Crippen molar-refractivity contribution in [2.45, 2.75) is 74.8 Å². The number of carbonyl (C=O) groups is 2. The summed E-state index contributed by atoms with van der Waals surface area (Å²) in [5.74, 6) is -12.0. The van der Waals surface area contributed by atoms with E-state index in [1.165, 1.54) is 12.1 Å². The predicted octanol–water partition coefficient (Wildman–Crippen LogP) is 5.76. The van der Waals surface area contributed by atoms with Crippen LogP contribution in [0.3, 0.4) is 0 Å². The third-order valence-corrected chi connectivity index (χ3v) is 7.36. The molecule has 7 nitrogen and oxygen atoms in total. The molecule has 2 saturated heterocycles. The first kappa shape index (κ1) is 31.7. The van der Waals surface area contributed by atoms with E-state index in [0.717, 1.165) is 39.0 Å². The first-order chi connectivity index (χ1) is 18.5. The van der Waals surface area contributed by atoms with Crippen molar-refractivity contribution in [2.75, 3.05) is 0 Å². The van der Waals surface area contributed by atoms with Gasteiger partial charge < -0.3 is 10.6 Å². The molecule has 0 aliphatic carbocycles. The molecule has 4 rings (SSSR count). The van der Waals surface area contributed by atoms with Crippen molar-refractivity contribution in [3.8, 4) is 0 Å². The van der Waals surface area contributed by atoms with Crippen LogP contribution in [0.15, 0.2) is 42.5 Å². The molecule has 15 heteroatoms. The SMILES string of the molecule is CC1(F)CC(F)(F)[C@@](C)(c2cc([N+](=O)[O-])ccc2F)NC1=O.CC1(F)CC(F)(F)[C@@](C)(c2ccccc2F)NC1=O. The molecule has 2 amide bonds. The molecule has 0 spiro atoms. The normalized spacial score (nSPS) is 32.2. The Kier molecular flexibility index (Phi) is 7.70. The minimum Gasteiger partial charge on any atom is -0.338 e. The fourth-order valence-corrected chi connectivity index (χ4v) is 4.65. The van der Waals surface area contributed by atoms with Crippen LogP contribution in [0, 0.1) is 21.7 Å². The lowest BCUT2D eigenvalue weighted by Crippen LogP contribution is -2.66. The number of hydrogen-bond acceptors (Lipinski definition) is 4. The average Bonchev–Trinajstić information content (AvgIpc) is 2.81. The lowest BCUT2D eigenvalue weighted by atomic mass is 9.76. The molecule has 4 atom stereocenters. The lowest BCUT2D eigenvalue weighted by molar-refractivity contribution is -0.385. The number of benzene rings is 2. The van der Waals surface area contributed by atoms with Gasteiger partial charge in [0.1, 0.15) is 22.7 Å². The second kappa shape index (κ2) is 9.94. The van der Waals surface area contributed by atoms with Crippen LogP contribution in [0.1, 0.15) is 51.7 Å². The number of nitro groups is 1. The first-order valence-corrected chi connectivity index (χ1v) is 12.0. The van der Waals surface area contributed by atoms with Crippen molar-refractivity contribution in [2.24, 2.45) is 0 Å². The van der Waals surface area contributed by atoms with E-state index < -0.39 is 86.7 Å². The summed E-state index contributed by atoms with van der Waals surface area (Å²) in [5.41, 5.74) is -12.1. The number of nitrogens with zero attached hydrogens (tertiary/aromatic N) is 1. The molecule has 2 aromatic rings. The highest BCUT2D eigenvalue weighted by Gasteiger charge is 2.64. The van der Waals surface area contributed by atoms with E-state index in [4.69, 9.17) is 0 Å². The van der Waals surface area contributed by atoms with E-state index in [9.17, 15) is 54.8 Å². The number of amides is 2. The van der Waals surface area contributed by atoms with Crippen LogP contribution in [-0.2, 0) is 20.7 Å². The van der Waals surface area contributed by atoms with Gasteiger partial charge in [-0.3, -0.25) is 19.7 Å². The largest absolute Gasteiger partial charge is 0.338 e. The van der Waals surface area contributed by atoms with Crippen LogP contribution < -0.4 is 10.6 Å². The van der Waals surface area contributed by atoms with Crippen molar-refractivity contribution >= 4 is 17.5 Å². The smallest absolute Gasteiger partial charge is 0.278 e. The number of rotatable bonds is 3. The summed E-state index contributed by atoms with van der Waals surface area (Å²) >= 11 is 0. The Bertz CT molecular complexity index is 1400. The maximum Gasteiger partial charge on any atom is 0.278 e. The zero-order valence-electron chi connectivity index (χ0n) is 22.1. The second-order valence-electron chi connectivity index (χ2n) is 10.7. The number of nitro benzene ring substituents is 1. The predicted molar refractivity (Wildman–Crippen MR) is 129 cm³/mol. The van der Waals surface area contributed by atoms with Crippen LogP contribution in [0.4, 0.5) is 40.8 Å². The van der Waals surface area contributed by atoms with Gasteiger partial charge in [-0.25, -0.2) is 35.1 Å². The Balaban J connectivity index is 0.000000228. The molecule has 2 unspecified atom stereocenters. The maximum absolute atomic E-state index is 14.3. The van der Waals surface area contributed by atoms with Crippen LogP contribution >= 0.6 is 0 Å². The maximum atomic E-state index is 14.3. The Hall–Kier alpha value is -3.78. The zero-order chi connectivity index (χ0) is 31.4. The van der Waals surface area contributed by atoms with Gasteiger partial charge in [-0.15, -0.1) is 0 Å². The summed E-state index contributed by atoms with van der Waals surface area (Å²) in [6.07, 6.45) is -2.73. The molecule has 0 bridgehead atoms. The topological polar surface area (TPSA) is 101 Å². The van der Waals surface area contributed by atoms with Crippen LogP contribution in [0.25, 0.3) is 0 Å². The number of alkyl halides is 6. The molecule has 2 aromatic carbocycles. The fourth-order valence-electron chi connectivity index (χ4n) is 4.65. The van der Waals surface area contributed by atoms with E-state index in [0.29, 0.717) is 19.1 Å². The molecule has 2 N–H and O–H groups in total. The van der Waals surface area contributed by atoms with Gasteiger partial charge in [0.05, 0.1) is 17.8 Å². The number of halogens is 8. The summed E-state index contributed by atoms with van der Waals surface area (Å²) in [5, 5.41) is 14.4.